The molecule has 0 spiro atoms. The first kappa shape index (κ1) is 9.40. The molecule has 1 aliphatic heterocycles. The van der Waals surface area contributed by atoms with Gasteiger partial charge < -0.3 is 10.6 Å². The van der Waals surface area contributed by atoms with E-state index in [4.69, 9.17) is 5.73 Å². The standard InChI is InChI=1S/C10H16N4/c1-7-5-14(6-9(7)11)10-12-4-3-8(2)13-10/h3-4,7,9H,5-6,11H2,1-2H3. The molecule has 0 saturated carbocycles. The summed E-state index contributed by atoms with van der Waals surface area (Å²) in [7, 11) is 0. The highest BCUT2D eigenvalue weighted by Crippen LogP contribution is 2.19. The van der Waals surface area contributed by atoms with Crippen LogP contribution < -0.4 is 10.6 Å². The minimum Gasteiger partial charge on any atom is -0.339 e. The van der Waals surface area contributed by atoms with Crippen LogP contribution in [0.2, 0.25) is 0 Å². The largest absolute Gasteiger partial charge is 0.339 e. The Labute approximate surface area is 84.2 Å². The van der Waals surface area contributed by atoms with Crippen molar-refractivity contribution in [1.29, 1.82) is 0 Å². The van der Waals surface area contributed by atoms with Crippen molar-refractivity contribution in [1.82, 2.24) is 9.97 Å². The lowest BCUT2D eigenvalue weighted by Crippen LogP contribution is -2.29. The third kappa shape index (κ3) is 1.70. The molecule has 14 heavy (non-hydrogen) atoms. The first-order valence-electron chi connectivity index (χ1n) is 4.97. The van der Waals surface area contributed by atoms with Crippen LogP contribution in [0.15, 0.2) is 12.3 Å². The van der Waals surface area contributed by atoms with E-state index in [0.717, 1.165) is 24.7 Å². The zero-order valence-corrected chi connectivity index (χ0v) is 8.64. The molecule has 2 unspecified atom stereocenters. The Kier molecular flexibility index (Phi) is 2.37. The molecule has 2 N–H and O–H groups in total. The van der Waals surface area contributed by atoms with Crippen molar-refractivity contribution in [2.24, 2.45) is 11.7 Å². The van der Waals surface area contributed by atoms with Gasteiger partial charge in [-0.25, -0.2) is 9.97 Å². The Morgan fingerprint density at radius 2 is 2.29 bits per heavy atom. The highest BCUT2D eigenvalue weighted by atomic mass is 15.3. The molecular formula is C10H16N4. The number of rotatable bonds is 1. The fourth-order valence-corrected chi connectivity index (χ4v) is 1.74. The zero-order chi connectivity index (χ0) is 10.1. The fourth-order valence-electron chi connectivity index (χ4n) is 1.74. The van der Waals surface area contributed by atoms with Gasteiger partial charge in [0.15, 0.2) is 0 Å². The van der Waals surface area contributed by atoms with Crippen LogP contribution in [0.1, 0.15) is 12.6 Å². The molecular weight excluding hydrogens is 176 g/mol. The summed E-state index contributed by atoms with van der Waals surface area (Å²) in [5.41, 5.74) is 6.95. The minimum absolute atomic E-state index is 0.249. The molecule has 0 radical (unpaired) electrons. The van der Waals surface area contributed by atoms with Gasteiger partial charge in [-0.3, -0.25) is 0 Å². The van der Waals surface area contributed by atoms with Crippen LogP contribution in [0.5, 0.6) is 0 Å². The molecule has 2 rings (SSSR count). The molecule has 1 aromatic heterocycles. The predicted molar refractivity (Wildman–Crippen MR) is 56.1 cm³/mol. The lowest BCUT2D eigenvalue weighted by molar-refractivity contribution is 0.565. The second-order valence-corrected chi connectivity index (χ2v) is 4.04. The highest BCUT2D eigenvalue weighted by Gasteiger charge is 2.27. The van der Waals surface area contributed by atoms with E-state index in [1.807, 2.05) is 13.0 Å². The molecule has 1 aromatic rings. The number of anilines is 1. The minimum atomic E-state index is 0.249. The van der Waals surface area contributed by atoms with E-state index in [2.05, 4.69) is 21.8 Å². The quantitative estimate of drug-likeness (QED) is 0.706. The average molecular weight is 192 g/mol. The van der Waals surface area contributed by atoms with Crippen molar-refractivity contribution in [3.8, 4) is 0 Å². The molecule has 0 amide bonds. The number of hydrogen-bond donors (Lipinski definition) is 1. The van der Waals surface area contributed by atoms with E-state index in [9.17, 15) is 0 Å². The summed E-state index contributed by atoms with van der Waals surface area (Å²) >= 11 is 0. The van der Waals surface area contributed by atoms with Crippen LogP contribution in [-0.2, 0) is 0 Å². The van der Waals surface area contributed by atoms with E-state index >= 15 is 0 Å². The van der Waals surface area contributed by atoms with Crippen LogP contribution in [0.3, 0.4) is 0 Å². The van der Waals surface area contributed by atoms with Crippen molar-refractivity contribution in [2.45, 2.75) is 19.9 Å². The zero-order valence-electron chi connectivity index (χ0n) is 8.64. The van der Waals surface area contributed by atoms with Crippen LogP contribution in [0.25, 0.3) is 0 Å². The molecule has 1 aliphatic rings. The van der Waals surface area contributed by atoms with Crippen molar-refractivity contribution in [3.63, 3.8) is 0 Å². The van der Waals surface area contributed by atoms with Crippen LogP contribution in [0.4, 0.5) is 5.95 Å². The molecule has 1 fully saturated rings. The van der Waals surface area contributed by atoms with Crippen LogP contribution >= 0.6 is 0 Å². The second kappa shape index (κ2) is 3.53. The molecule has 1 saturated heterocycles. The maximum atomic E-state index is 5.95. The van der Waals surface area contributed by atoms with E-state index < -0.39 is 0 Å². The van der Waals surface area contributed by atoms with Gasteiger partial charge in [0.05, 0.1) is 0 Å². The molecule has 0 aliphatic carbocycles. The van der Waals surface area contributed by atoms with E-state index in [1.54, 1.807) is 6.20 Å². The summed E-state index contributed by atoms with van der Waals surface area (Å²) in [6.07, 6.45) is 1.80. The van der Waals surface area contributed by atoms with Crippen molar-refractivity contribution < 1.29 is 0 Å². The summed E-state index contributed by atoms with van der Waals surface area (Å²) in [4.78, 5) is 10.8. The normalized spacial score (nSPS) is 26.9. The fraction of sp³-hybridized carbons (Fsp3) is 0.600. The number of aryl methyl sites for hydroxylation is 1. The molecule has 76 valence electrons. The Hall–Kier alpha value is -1.16. The van der Waals surface area contributed by atoms with Gasteiger partial charge >= 0.3 is 0 Å². The molecule has 4 nitrogen and oxygen atoms in total. The third-order valence-electron chi connectivity index (χ3n) is 2.74. The maximum absolute atomic E-state index is 5.95. The van der Waals surface area contributed by atoms with Gasteiger partial charge in [-0.15, -0.1) is 0 Å². The van der Waals surface area contributed by atoms with Gasteiger partial charge in [-0.1, -0.05) is 6.92 Å². The summed E-state index contributed by atoms with van der Waals surface area (Å²) in [5.74, 6) is 1.34. The van der Waals surface area contributed by atoms with Crippen molar-refractivity contribution in [2.75, 3.05) is 18.0 Å². The first-order valence-corrected chi connectivity index (χ1v) is 4.97. The lowest BCUT2D eigenvalue weighted by Gasteiger charge is -2.15. The molecule has 4 heteroatoms. The monoisotopic (exact) mass is 192 g/mol. The Balaban J connectivity index is 2.17. The van der Waals surface area contributed by atoms with Gasteiger partial charge in [0, 0.05) is 31.0 Å². The average Bonchev–Trinajstić information content (AvgIpc) is 2.47. The van der Waals surface area contributed by atoms with Gasteiger partial charge in [-0.05, 0) is 18.9 Å². The number of hydrogen-bond acceptors (Lipinski definition) is 4. The predicted octanol–water partition coefficient (Wildman–Crippen LogP) is 0.568. The maximum Gasteiger partial charge on any atom is 0.225 e. The topological polar surface area (TPSA) is 55.0 Å². The molecule has 2 atom stereocenters. The van der Waals surface area contributed by atoms with Crippen LogP contribution in [-0.4, -0.2) is 29.1 Å². The smallest absolute Gasteiger partial charge is 0.225 e. The summed E-state index contributed by atoms with van der Waals surface area (Å²) in [5, 5.41) is 0. The Morgan fingerprint density at radius 3 is 2.86 bits per heavy atom. The molecule has 2 heterocycles. The first-order chi connectivity index (χ1) is 6.66. The van der Waals surface area contributed by atoms with Crippen LogP contribution in [0, 0.1) is 12.8 Å². The number of aromatic nitrogens is 2. The van der Waals surface area contributed by atoms with E-state index in [1.165, 1.54) is 0 Å². The lowest BCUT2D eigenvalue weighted by atomic mass is 10.1. The molecule has 0 bridgehead atoms. The van der Waals surface area contributed by atoms with Crippen molar-refractivity contribution in [3.05, 3.63) is 18.0 Å². The van der Waals surface area contributed by atoms with Gasteiger partial charge in [0.25, 0.3) is 0 Å². The molecule has 0 aromatic carbocycles. The Morgan fingerprint density at radius 1 is 1.50 bits per heavy atom. The van der Waals surface area contributed by atoms with Gasteiger partial charge in [-0.2, -0.15) is 0 Å². The van der Waals surface area contributed by atoms with Gasteiger partial charge in [0.1, 0.15) is 0 Å². The summed E-state index contributed by atoms with van der Waals surface area (Å²) in [6, 6.07) is 2.15. The Bertz CT molecular complexity index is 316. The number of nitrogens with two attached hydrogens (primary N) is 1. The van der Waals surface area contributed by atoms with E-state index in [0.29, 0.717) is 5.92 Å². The van der Waals surface area contributed by atoms with Crippen molar-refractivity contribution >= 4 is 5.95 Å². The second-order valence-electron chi connectivity index (χ2n) is 4.04. The highest BCUT2D eigenvalue weighted by molar-refractivity contribution is 5.32. The van der Waals surface area contributed by atoms with Gasteiger partial charge in [0.2, 0.25) is 5.95 Å². The van der Waals surface area contributed by atoms with E-state index in [-0.39, 0.29) is 6.04 Å². The summed E-state index contributed by atoms with van der Waals surface area (Å²) in [6.45, 7) is 5.97. The summed E-state index contributed by atoms with van der Waals surface area (Å²) < 4.78 is 0. The number of nitrogens with zero attached hydrogens (tertiary/aromatic N) is 3. The SMILES string of the molecule is Cc1ccnc(N2CC(C)C(N)C2)n1. The third-order valence-corrected chi connectivity index (χ3v) is 2.74.